The maximum Gasteiger partial charge on any atom is 0.126 e. The summed E-state index contributed by atoms with van der Waals surface area (Å²) in [7, 11) is 0. The van der Waals surface area contributed by atoms with Gasteiger partial charge in [-0.3, -0.25) is 0 Å². The Morgan fingerprint density at radius 3 is 3.10 bits per heavy atom. The minimum atomic E-state index is 0.356. The van der Waals surface area contributed by atoms with Gasteiger partial charge in [0.05, 0.1) is 17.3 Å². The molecule has 0 spiro atoms. The highest BCUT2D eigenvalue weighted by Gasteiger charge is 2.20. The normalized spacial score (nSPS) is 18.2. The zero-order chi connectivity index (χ0) is 13.9. The number of ether oxygens (including phenoxy) is 1. The van der Waals surface area contributed by atoms with Gasteiger partial charge in [0.1, 0.15) is 5.75 Å². The van der Waals surface area contributed by atoms with Crippen molar-refractivity contribution in [2.24, 2.45) is 0 Å². The third-order valence-corrected chi connectivity index (χ3v) is 4.52. The molecule has 0 saturated heterocycles. The van der Waals surface area contributed by atoms with E-state index in [-0.39, 0.29) is 0 Å². The molecule has 2 aromatic rings. The van der Waals surface area contributed by atoms with Crippen LogP contribution in [0, 0.1) is 13.8 Å². The van der Waals surface area contributed by atoms with Gasteiger partial charge in [0, 0.05) is 23.5 Å². The van der Waals surface area contributed by atoms with E-state index >= 15 is 0 Å². The van der Waals surface area contributed by atoms with Gasteiger partial charge in [-0.25, -0.2) is 4.98 Å². The predicted molar refractivity (Wildman–Crippen MR) is 82.3 cm³/mol. The topological polar surface area (TPSA) is 34.2 Å². The van der Waals surface area contributed by atoms with Gasteiger partial charge in [-0.05, 0) is 32.3 Å². The van der Waals surface area contributed by atoms with Crippen molar-refractivity contribution in [2.45, 2.75) is 39.3 Å². The van der Waals surface area contributed by atoms with E-state index in [0.717, 1.165) is 42.4 Å². The molecule has 4 heteroatoms. The Kier molecular flexibility index (Phi) is 4.03. The van der Waals surface area contributed by atoms with Crippen molar-refractivity contribution < 1.29 is 4.74 Å². The fourth-order valence-corrected chi connectivity index (χ4v) is 3.31. The molecule has 1 aromatic heterocycles. The largest absolute Gasteiger partial charge is 0.493 e. The van der Waals surface area contributed by atoms with E-state index in [1.165, 1.54) is 11.1 Å². The first kappa shape index (κ1) is 13.6. The molecular formula is C16H20N2OS. The molecule has 0 radical (unpaired) electrons. The Balaban J connectivity index is 1.78. The summed E-state index contributed by atoms with van der Waals surface area (Å²) >= 11 is 1.71. The molecule has 1 aliphatic heterocycles. The van der Waals surface area contributed by atoms with Crippen LogP contribution in [0.15, 0.2) is 23.6 Å². The van der Waals surface area contributed by atoms with Gasteiger partial charge in [-0.1, -0.05) is 18.2 Å². The van der Waals surface area contributed by atoms with Crippen LogP contribution in [0.3, 0.4) is 0 Å². The van der Waals surface area contributed by atoms with E-state index in [1.54, 1.807) is 11.3 Å². The molecule has 0 saturated carbocycles. The standard InChI is InChI=1S/C16H20N2OS/c1-11-5-3-6-14-15(7-4-8-19-16(11)14)17-9-13-10-20-12(2)18-13/h3,5-6,10,15,17H,4,7-9H2,1-2H3. The van der Waals surface area contributed by atoms with Crippen LogP contribution in [0.25, 0.3) is 0 Å². The molecule has 0 bridgehead atoms. The zero-order valence-corrected chi connectivity index (χ0v) is 12.8. The highest BCUT2D eigenvalue weighted by Crippen LogP contribution is 2.34. The van der Waals surface area contributed by atoms with Crippen LogP contribution in [0.5, 0.6) is 5.75 Å². The maximum atomic E-state index is 5.91. The average molecular weight is 288 g/mol. The van der Waals surface area contributed by atoms with Crippen LogP contribution in [0.1, 0.15) is 40.7 Å². The number of rotatable bonds is 3. The summed E-state index contributed by atoms with van der Waals surface area (Å²) in [5.41, 5.74) is 3.64. The second-order valence-corrected chi connectivity index (χ2v) is 6.34. The van der Waals surface area contributed by atoms with Crippen molar-refractivity contribution in [3.8, 4) is 5.75 Å². The minimum absolute atomic E-state index is 0.356. The maximum absolute atomic E-state index is 5.91. The molecule has 1 unspecified atom stereocenters. The van der Waals surface area contributed by atoms with Gasteiger partial charge in [-0.2, -0.15) is 0 Å². The lowest BCUT2D eigenvalue weighted by Crippen LogP contribution is -2.20. The Morgan fingerprint density at radius 1 is 1.40 bits per heavy atom. The molecule has 1 N–H and O–H groups in total. The molecule has 1 atom stereocenters. The molecule has 106 valence electrons. The zero-order valence-electron chi connectivity index (χ0n) is 12.0. The number of aryl methyl sites for hydroxylation is 2. The molecule has 2 heterocycles. The Hall–Kier alpha value is -1.39. The molecule has 0 amide bonds. The van der Waals surface area contributed by atoms with Gasteiger partial charge in [-0.15, -0.1) is 11.3 Å². The van der Waals surface area contributed by atoms with Crippen LogP contribution in [-0.4, -0.2) is 11.6 Å². The fourth-order valence-electron chi connectivity index (χ4n) is 2.69. The van der Waals surface area contributed by atoms with Crippen molar-refractivity contribution in [1.29, 1.82) is 0 Å². The second kappa shape index (κ2) is 5.94. The van der Waals surface area contributed by atoms with Crippen molar-refractivity contribution >= 4 is 11.3 Å². The SMILES string of the molecule is Cc1nc(CNC2CCCOc3c(C)cccc32)cs1. The summed E-state index contributed by atoms with van der Waals surface area (Å²) in [6.45, 7) is 5.80. The number of thiazole rings is 1. The van der Waals surface area contributed by atoms with E-state index in [9.17, 15) is 0 Å². The number of hydrogen-bond acceptors (Lipinski definition) is 4. The van der Waals surface area contributed by atoms with E-state index in [4.69, 9.17) is 4.74 Å². The van der Waals surface area contributed by atoms with Crippen molar-refractivity contribution in [1.82, 2.24) is 10.3 Å². The van der Waals surface area contributed by atoms with Gasteiger partial charge in [0.2, 0.25) is 0 Å². The molecule has 0 aliphatic carbocycles. The van der Waals surface area contributed by atoms with E-state index in [2.05, 4.69) is 40.8 Å². The first-order chi connectivity index (χ1) is 9.74. The number of fused-ring (bicyclic) bond motifs is 1. The third-order valence-electron chi connectivity index (χ3n) is 3.70. The van der Waals surface area contributed by atoms with Crippen LogP contribution in [0.4, 0.5) is 0 Å². The number of para-hydroxylation sites is 1. The van der Waals surface area contributed by atoms with E-state index in [1.807, 2.05) is 6.92 Å². The van der Waals surface area contributed by atoms with Crippen molar-refractivity contribution in [3.05, 3.63) is 45.4 Å². The summed E-state index contributed by atoms with van der Waals surface area (Å²) in [4.78, 5) is 4.52. The molecule has 0 fully saturated rings. The molecule has 3 rings (SSSR count). The van der Waals surface area contributed by atoms with Gasteiger partial charge in [0.15, 0.2) is 0 Å². The quantitative estimate of drug-likeness (QED) is 0.933. The van der Waals surface area contributed by atoms with Gasteiger partial charge >= 0.3 is 0 Å². The number of nitrogens with zero attached hydrogens (tertiary/aromatic N) is 1. The number of hydrogen-bond donors (Lipinski definition) is 1. The lowest BCUT2D eigenvalue weighted by molar-refractivity contribution is 0.313. The van der Waals surface area contributed by atoms with Crippen LogP contribution in [0.2, 0.25) is 0 Å². The second-order valence-electron chi connectivity index (χ2n) is 5.28. The van der Waals surface area contributed by atoms with Gasteiger partial charge < -0.3 is 10.1 Å². The van der Waals surface area contributed by atoms with E-state index in [0.29, 0.717) is 6.04 Å². The summed E-state index contributed by atoms with van der Waals surface area (Å²) in [6, 6.07) is 6.77. The average Bonchev–Trinajstić information content (AvgIpc) is 2.73. The minimum Gasteiger partial charge on any atom is -0.493 e. The van der Waals surface area contributed by atoms with Gasteiger partial charge in [0.25, 0.3) is 0 Å². The Labute approximate surface area is 124 Å². The monoisotopic (exact) mass is 288 g/mol. The van der Waals surface area contributed by atoms with Crippen LogP contribution in [-0.2, 0) is 6.54 Å². The third kappa shape index (κ3) is 2.86. The van der Waals surface area contributed by atoms with Crippen LogP contribution >= 0.6 is 11.3 Å². The first-order valence-corrected chi connectivity index (χ1v) is 7.98. The molecular weight excluding hydrogens is 268 g/mol. The molecule has 3 nitrogen and oxygen atoms in total. The molecule has 1 aliphatic rings. The summed E-state index contributed by atoms with van der Waals surface area (Å²) in [6.07, 6.45) is 2.20. The van der Waals surface area contributed by atoms with E-state index < -0.39 is 0 Å². The molecule has 20 heavy (non-hydrogen) atoms. The first-order valence-electron chi connectivity index (χ1n) is 7.11. The Morgan fingerprint density at radius 2 is 2.30 bits per heavy atom. The Bertz CT molecular complexity index is 594. The predicted octanol–water partition coefficient (Wildman–Crippen LogP) is 3.76. The highest BCUT2D eigenvalue weighted by atomic mass is 32.1. The number of benzene rings is 1. The number of aromatic nitrogens is 1. The summed E-state index contributed by atoms with van der Waals surface area (Å²) in [5.74, 6) is 1.07. The van der Waals surface area contributed by atoms with Crippen LogP contribution < -0.4 is 10.1 Å². The smallest absolute Gasteiger partial charge is 0.126 e. The lowest BCUT2D eigenvalue weighted by atomic mass is 10.00. The van der Waals surface area contributed by atoms with Crippen molar-refractivity contribution in [3.63, 3.8) is 0 Å². The fraction of sp³-hybridized carbons (Fsp3) is 0.438. The molecule has 1 aromatic carbocycles. The number of nitrogens with one attached hydrogen (secondary N) is 1. The lowest BCUT2D eigenvalue weighted by Gasteiger charge is -2.19. The summed E-state index contributed by atoms with van der Waals surface area (Å²) in [5, 5.41) is 6.90. The van der Waals surface area contributed by atoms with Crippen molar-refractivity contribution in [2.75, 3.05) is 6.61 Å². The highest BCUT2D eigenvalue weighted by molar-refractivity contribution is 7.09. The summed E-state index contributed by atoms with van der Waals surface area (Å²) < 4.78 is 5.91.